The molecule has 3 rings (SSSR count). The third kappa shape index (κ3) is 4.12. The van der Waals surface area contributed by atoms with Crippen LogP contribution in [0.25, 0.3) is 11.3 Å². The number of nitrogens with zero attached hydrogens (tertiary/aromatic N) is 2. The Labute approximate surface area is 152 Å². The van der Waals surface area contributed by atoms with Gasteiger partial charge >= 0.3 is 0 Å². The van der Waals surface area contributed by atoms with Gasteiger partial charge in [-0.2, -0.15) is 0 Å². The predicted molar refractivity (Wildman–Crippen MR) is 104 cm³/mol. The number of nitrogens with one attached hydrogen (secondary N) is 1. The van der Waals surface area contributed by atoms with Crippen LogP contribution in [-0.2, 0) is 11.3 Å². The number of benzene rings is 2. The van der Waals surface area contributed by atoms with Gasteiger partial charge in [0.2, 0.25) is 5.91 Å². The van der Waals surface area contributed by atoms with E-state index in [0.717, 1.165) is 34.2 Å². The minimum Gasteiger partial charge on any atom is -0.325 e. The summed E-state index contributed by atoms with van der Waals surface area (Å²) in [7, 11) is 0. The molecule has 1 amide bonds. The van der Waals surface area contributed by atoms with Gasteiger partial charge in [0.05, 0.1) is 17.6 Å². The van der Waals surface area contributed by atoms with Crippen LogP contribution in [-0.4, -0.2) is 21.2 Å². The van der Waals surface area contributed by atoms with Crippen LogP contribution in [0.3, 0.4) is 0 Å². The second-order valence-corrected chi connectivity index (χ2v) is 6.63. The number of aryl methyl sites for hydroxylation is 1. The maximum absolute atomic E-state index is 12.2. The van der Waals surface area contributed by atoms with Crippen molar-refractivity contribution in [2.24, 2.45) is 0 Å². The molecule has 0 atom stereocenters. The number of carbonyl (C=O) groups excluding carboxylic acids is 1. The number of rotatable bonds is 6. The van der Waals surface area contributed by atoms with E-state index in [-0.39, 0.29) is 5.91 Å². The molecule has 0 saturated heterocycles. The molecule has 1 N–H and O–H groups in total. The van der Waals surface area contributed by atoms with Gasteiger partial charge in [0.25, 0.3) is 0 Å². The van der Waals surface area contributed by atoms with Gasteiger partial charge in [0.15, 0.2) is 5.16 Å². The second kappa shape index (κ2) is 8.03. The fraction of sp³-hybridized carbons (Fsp3) is 0.200. The maximum Gasteiger partial charge on any atom is 0.234 e. The largest absolute Gasteiger partial charge is 0.325 e. The van der Waals surface area contributed by atoms with Crippen molar-refractivity contribution in [2.75, 3.05) is 11.1 Å². The van der Waals surface area contributed by atoms with E-state index in [1.54, 1.807) is 0 Å². The minimum atomic E-state index is -0.0220. The number of carbonyl (C=O) groups is 1. The first-order valence-electron chi connectivity index (χ1n) is 8.28. The molecule has 1 heterocycles. The molecule has 0 aliphatic carbocycles. The SMILES string of the molecule is CCn1c(-c2ccccc2)cnc1SCC(=O)Nc1ccccc1C. The van der Waals surface area contributed by atoms with Crippen LogP contribution >= 0.6 is 11.8 Å². The van der Waals surface area contributed by atoms with E-state index < -0.39 is 0 Å². The normalized spacial score (nSPS) is 10.6. The van der Waals surface area contributed by atoms with Crippen molar-refractivity contribution >= 4 is 23.4 Å². The fourth-order valence-electron chi connectivity index (χ4n) is 2.65. The molecule has 1 aromatic heterocycles. The lowest BCUT2D eigenvalue weighted by molar-refractivity contribution is -0.113. The van der Waals surface area contributed by atoms with E-state index in [1.807, 2.05) is 55.6 Å². The van der Waals surface area contributed by atoms with Crippen molar-refractivity contribution in [3.05, 3.63) is 66.4 Å². The zero-order chi connectivity index (χ0) is 17.6. The number of hydrogen-bond donors (Lipinski definition) is 1. The number of hydrogen-bond acceptors (Lipinski definition) is 3. The third-order valence-corrected chi connectivity index (χ3v) is 4.95. The molecule has 0 bridgehead atoms. The number of aromatic nitrogens is 2. The summed E-state index contributed by atoms with van der Waals surface area (Å²) in [4.78, 5) is 16.8. The van der Waals surface area contributed by atoms with E-state index in [2.05, 4.69) is 33.9 Å². The molecule has 0 fully saturated rings. The first kappa shape index (κ1) is 17.3. The highest BCUT2D eigenvalue weighted by Crippen LogP contribution is 2.26. The highest BCUT2D eigenvalue weighted by molar-refractivity contribution is 7.99. The van der Waals surface area contributed by atoms with Crippen LogP contribution in [0.15, 0.2) is 66.0 Å². The van der Waals surface area contributed by atoms with Gasteiger partial charge in [0, 0.05) is 12.2 Å². The Kier molecular flexibility index (Phi) is 5.56. The van der Waals surface area contributed by atoms with Gasteiger partial charge in [-0.3, -0.25) is 4.79 Å². The lowest BCUT2D eigenvalue weighted by Gasteiger charge is -2.10. The fourth-order valence-corrected chi connectivity index (χ4v) is 3.49. The van der Waals surface area contributed by atoms with Crippen molar-refractivity contribution in [3.63, 3.8) is 0 Å². The third-order valence-electron chi connectivity index (χ3n) is 3.96. The standard InChI is InChI=1S/C20H21N3OS/c1-3-23-18(16-10-5-4-6-11-16)13-21-20(23)25-14-19(24)22-17-12-8-7-9-15(17)2/h4-13H,3,14H2,1-2H3,(H,22,24). The van der Waals surface area contributed by atoms with Crippen molar-refractivity contribution in [2.45, 2.75) is 25.5 Å². The quantitative estimate of drug-likeness (QED) is 0.660. The molecule has 3 aromatic rings. The predicted octanol–water partition coefficient (Wildman–Crippen LogP) is 4.61. The molecule has 0 saturated carbocycles. The number of para-hydroxylation sites is 1. The molecule has 0 aliphatic rings. The van der Waals surface area contributed by atoms with Crippen LogP contribution in [0.5, 0.6) is 0 Å². The molecule has 5 heteroatoms. The monoisotopic (exact) mass is 351 g/mol. The Morgan fingerprint density at radius 3 is 2.56 bits per heavy atom. The molecule has 0 unspecified atom stereocenters. The lowest BCUT2D eigenvalue weighted by atomic mass is 10.2. The molecule has 0 aliphatic heterocycles. The molecule has 2 aromatic carbocycles. The van der Waals surface area contributed by atoms with Crippen LogP contribution in [0.2, 0.25) is 0 Å². The van der Waals surface area contributed by atoms with E-state index in [4.69, 9.17) is 0 Å². The minimum absolute atomic E-state index is 0.0220. The molecule has 0 spiro atoms. The number of imidazole rings is 1. The van der Waals surface area contributed by atoms with Crippen LogP contribution in [0.4, 0.5) is 5.69 Å². The molecular weight excluding hydrogens is 330 g/mol. The smallest absolute Gasteiger partial charge is 0.234 e. The van der Waals surface area contributed by atoms with Gasteiger partial charge in [-0.05, 0) is 31.0 Å². The number of thioether (sulfide) groups is 1. The van der Waals surface area contributed by atoms with E-state index in [1.165, 1.54) is 11.8 Å². The highest BCUT2D eigenvalue weighted by atomic mass is 32.2. The Bertz CT molecular complexity index is 858. The van der Waals surface area contributed by atoms with Crippen molar-refractivity contribution in [1.82, 2.24) is 9.55 Å². The van der Waals surface area contributed by atoms with E-state index in [9.17, 15) is 4.79 Å². The van der Waals surface area contributed by atoms with Crippen LogP contribution in [0.1, 0.15) is 12.5 Å². The zero-order valence-electron chi connectivity index (χ0n) is 14.4. The van der Waals surface area contributed by atoms with Crippen molar-refractivity contribution < 1.29 is 4.79 Å². The van der Waals surface area contributed by atoms with E-state index in [0.29, 0.717) is 5.75 Å². The lowest BCUT2D eigenvalue weighted by Crippen LogP contribution is -2.15. The summed E-state index contributed by atoms with van der Waals surface area (Å²) in [5.74, 6) is 0.311. The van der Waals surface area contributed by atoms with Crippen LogP contribution < -0.4 is 5.32 Å². The average molecular weight is 351 g/mol. The van der Waals surface area contributed by atoms with E-state index >= 15 is 0 Å². The second-order valence-electron chi connectivity index (χ2n) is 5.69. The Hall–Kier alpha value is -2.53. The van der Waals surface area contributed by atoms with Gasteiger partial charge in [0.1, 0.15) is 0 Å². The highest BCUT2D eigenvalue weighted by Gasteiger charge is 2.13. The first-order valence-corrected chi connectivity index (χ1v) is 9.27. The summed E-state index contributed by atoms with van der Waals surface area (Å²) in [6.45, 7) is 4.89. The molecule has 0 radical (unpaired) electrons. The molecular formula is C20H21N3OS. The topological polar surface area (TPSA) is 46.9 Å². The average Bonchev–Trinajstić information content (AvgIpc) is 3.05. The first-order chi connectivity index (χ1) is 12.2. The van der Waals surface area contributed by atoms with Gasteiger partial charge in [-0.1, -0.05) is 60.3 Å². The Morgan fingerprint density at radius 2 is 1.84 bits per heavy atom. The van der Waals surface area contributed by atoms with Crippen molar-refractivity contribution in [3.8, 4) is 11.3 Å². The van der Waals surface area contributed by atoms with Crippen LogP contribution in [0, 0.1) is 6.92 Å². The van der Waals surface area contributed by atoms with Crippen molar-refractivity contribution in [1.29, 1.82) is 0 Å². The Morgan fingerprint density at radius 1 is 1.12 bits per heavy atom. The maximum atomic E-state index is 12.2. The summed E-state index contributed by atoms with van der Waals surface area (Å²) < 4.78 is 2.14. The summed E-state index contributed by atoms with van der Waals surface area (Å²) in [6.07, 6.45) is 1.88. The number of anilines is 1. The summed E-state index contributed by atoms with van der Waals surface area (Å²) in [5.41, 5.74) is 4.12. The summed E-state index contributed by atoms with van der Waals surface area (Å²) in [6, 6.07) is 18.0. The Balaban J connectivity index is 1.68. The summed E-state index contributed by atoms with van der Waals surface area (Å²) >= 11 is 1.46. The summed E-state index contributed by atoms with van der Waals surface area (Å²) in [5, 5.41) is 3.82. The van der Waals surface area contributed by atoms with Gasteiger partial charge in [-0.25, -0.2) is 4.98 Å². The molecule has 4 nitrogen and oxygen atoms in total. The molecule has 128 valence electrons. The zero-order valence-corrected chi connectivity index (χ0v) is 15.2. The number of amides is 1. The van der Waals surface area contributed by atoms with Gasteiger partial charge in [-0.15, -0.1) is 0 Å². The molecule has 25 heavy (non-hydrogen) atoms. The van der Waals surface area contributed by atoms with Gasteiger partial charge < -0.3 is 9.88 Å².